The number of rotatable bonds is 1. The molecule has 0 amide bonds. The van der Waals surface area contributed by atoms with Crippen LogP contribution in [0.5, 0.6) is 0 Å². The van der Waals surface area contributed by atoms with Crippen LogP contribution in [0.25, 0.3) is 0 Å². The van der Waals surface area contributed by atoms with Crippen LogP contribution in [0.15, 0.2) is 0 Å². The number of hydrogen-bond donors (Lipinski definition) is 0. The van der Waals surface area contributed by atoms with Crippen molar-refractivity contribution in [3.05, 3.63) is 0 Å². The summed E-state index contributed by atoms with van der Waals surface area (Å²) in [5.74, 6) is 0. The van der Waals surface area contributed by atoms with Gasteiger partial charge in [0.2, 0.25) is 0 Å². The zero-order valence-corrected chi connectivity index (χ0v) is 7.91. The van der Waals surface area contributed by atoms with E-state index in [0.29, 0.717) is 0 Å². The van der Waals surface area contributed by atoms with Gasteiger partial charge in [0.15, 0.2) is 0 Å². The Bertz CT molecular complexity index is 29.8. The van der Waals surface area contributed by atoms with Crippen LogP contribution in [0.2, 0.25) is 0 Å². The third-order valence-corrected chi connectivity index (χ3v) is 3.39. The zero-order chi connectivity index (χ0) is 5.15. The average molecular weight is 251 g/mol. The molecule has 0 aromatic rings. The van der Waals surface area contributed by atoms with Crippen molar-refractivity contribution in [2.24, 2.45) is 0 Å². The Morgan fingerprint density at radius 2 is 1.33 bits per heavy atom. The number of hydrogen-bond acceptors (Lipinski definition) is 0. The van der Waals surface area contributed by atoms with E-state index in [-0.39, 0.29) is 3.39 Å². The minimum absolute atomic E-state index is 0.0551. The molecule has 0 heterocycles. The minimum atomic E-state index is -0.398. The van der Waals surface area contributed by atoms with E-state index in [0.717, 1.165) is 0 Å². The fraction of sp³-hybridized carbons (Fsp3) is 1.00. The van der Waals surface area contributed by atoms with Crippen LogP contribution < -0.4 is 0 Å². The molecular formula is C2H2Cl3Sn. The first-order valence-electron chi connectivity index (χ1n) is 1.28. The van der Waals surface area contributed by atoms with Gasteiger partial charge in [0.1, 0.15) is 0 Å². The second kappa shape index (κ2) is 3.64. The molecule has 0 fully saturated rings. The van der Waals surface area contributed by atoms with Gasteiger partial charge in [-0.1, -0.05) is 0 Å². The second-order valence-electron chi connectivity index (χ2n) is 0.736. The summed E-state index contributed by atoms with van der Waals surface area (Å²) < 4.78 is -0.0551. The SMILES string of the molecule is ClC(Cl)[CH](Cl)[Sn]. The first-order chi connectivity index (χ1) is 2.64. The van der Waals surface area contributed by atoms with Gasteiger partial charge in [-0.25, -0.2) is 0 Å². The van der Waals surface area contributed by atoms with E-state index in [1.165, 1.54) is 22.5 Å². The molecule has 0 rings (SSSR count). The fourth-order valence-electron chi connectivity index (χ4n) is 0. The van der Waals surface area contributed by atoms with Crippen molar-refractivity contribution in [3.8, 4) is 0 Å². The Balaban J connectivity index is 2.99. The normalized spacial score (nSPS) is 15.5. The molecule has 1 unspecified atom stereocenters. The van der Waals surface area contributed by atoms with Crippen LogP contribution in [0, 0.1) is 0 Å². The van der Waals surface area contributed by atoms with E-state index in [1.807, 2.05) is 0 Å². The Kier molecular flexibility index (Phi) is 4.66. The molecule has 0 aliphatic carbocycles. The summed E-state index contributed by atoms with van der Waals surface area (Å²) in [4.78, 5) is -0.398. The van der Waals surface area contributed by atoms with Crippen LogP contribution in [-0.2, 0) is 0 Å². The Labute approximate surface area is 65.2 Å². The van der Waals surface area contributed by atoms with Crippen molar-refractivity contribution >= 4 is 57.3 Å². The van der Waals surface area contributed by atoms with Crippen molar-refractivity contribution in [2.45, 2.75) is 8.23 Å². The molecule has 0 N–H and O–H groups in total. The Morgan fingerprint density at radius 1 is 1.17 bits per heavy atom. The fourth-order valence-corrected chi connectivity index (χ4v) is 0. The molecule has 0 bridgehead atoms. The molecule has 0 aliphatic rings. The van der Waals surface area contributed by atoms with Crippen LogP contribution in [0.3, 0.4) is 0 Å². The maximum atomic E-state index is 5.39. The standard InChI is InChI=1S/C2H2Cl3.Sn/c3-1-2(4)5;/h1-2H;. The molecular weight excluding hydrogens is 249 g/mol. The molecule has 0 nitrogen and oxygen atoms in total. The van der Waals surface area contributed by atoms with Crippen molar-refractivity contribution in [3.63, 3.8) is 0 Å². The number of halogens is 3. The molecule has 0 spiro atoms. The molecule has 0 saturated carbocycles. The van der Waals surface area contributed by atoms with Crippen molar-refractivity contribution in [2.75, 3.05) is 0 Å². The van der Waals surface area contributed by atoms with E-state index in [9.17, 15) is 0 Å². The first-order valence-corrected chi connectivity index (χ1v) is 4.23. The second-order valence-corrected chi connectivity index (χ2v) is 5.19. The van der Waals surface area contributed by atoms with Gasteiger partial charge in [-0.3, -0.25) is 0 Å². The van der Waals surface area contributed by atoms with E-state index < -0.39 is 4.84 Å². The quantitative estimate of drug-likeness (QED) is 0.489. The molecule has 0 aliphatic heterocycles. The topological polar surface area (TPSA) is 0 Å². The van der Waals surface area contributed by atoms with Crippen molar-refractivity contribution in [1.29, 1.82) is 0 Å². The van der Waals surface area contributed by atoms with Gasteiger partial charge in [-0.15, -0.1) is 0 Å². The average Bonchev–Trinajstić information content (AvgIpc) is 1.36. The summed E-state index contributed by atoms with van der Waals surface area (Å²) >= 11 is 17.1. The van der Waals surface area contributed by atoms with Crippen molar-refractivity contribution in [1.82, 2.24) is 0 Å². The summed E-state index contributed by atoms with van der Waals surface area (Å²) in [6, 6.07) is 0. The van der Waals surface area contributed by atoms with Gasteiger partial charge in [0, 0.05) is 0 Å². The predicted octanol–water partition coefficient (Wildman–Crippen LogP) is 1.52. The molecule has 0 saturated heterocycles. The Hall–Kier alpha value is 1.67. The zero-order valence-electron chi connectivity index (χ0n) is 2.79. The Morgan fingerprint density at radius 3 is 1.33 bits per heavy atom. The van der Waals surface area contributed by atoms with Gasteiger partial charge < -0.3 is 0 Å². The van der Waals surface area contributed by atoms with E-state index in [2.05, 4.69) is 0 Å². The van der Waals surface area contributed by atoms with Crippen LogP contribution in [0.1, 0.15) is 0 Å². The predicted molar refractivity (Wildman–Crippen MR) is 30.9 cm³/mol. The van der Waals surface area contributed by atoms with Gasteiger partial charge in [-0.05, 0) is 0 Å². The van der Waals surface area contributed by atoms with E-state index in [1.54, 1.807) is 0 Å². The van der Waals surface area contributed by atoms with Crippen molar-refractivity contribution < 1.29 is 0 Å². The third-order valence-electron chi connectivity index (χ3n) is 0.221. The summed E-state index contributed by atoms with van der Waals surface area (Å²) in [5.41, 5.74) is 0. The summed E-state index contributed by atoms with van der Waals surface area (Å²) in [6.45, 7) is 0. The molecule has 0 aromatic carbocycles. The van der Waals surface area contributed by atoms with Crippen LogP contribution in [0.4, 0.5) is 0 Å². The van der Waals surface area contributed by atoms with Gasteiger partial charge >= 0.3 is 65.6 Å². The summed E-state index contributed by atoms with van der Waals surface area (Å²) in [7, 11) is 0. The monoisotopic (exact) mass is 251 g/mol. The summed E-state index contributed by atoms with van der Waals surface area (Å²) in [5, 5.41) is 0. The molecule has 4 heteroatoms. The van der Waals surface area contributed by atoms with Gasteiger partial charge in [-0.2, -0.15) is 0 Å². The third kappa shape index (κ3) is 3.85. The van der Waals surface area contributed by atoms with Crippen LogP contribution in [-0.4, -0.2) is 30.8 Å². The molecule has 1 atom stereocenters. The number of alkyl halides is 3. The molecule has 6 heavy (non-hydrogen) atoms. The molecule has 35 valence electrons. The van der Waals surface area contributed by atoms with E-state index in [4.69, 9.17) is 34.8 Å². The van der Waals surface area contributed by atoms with Crippen LogP contribution >= 0.6 is 34.8 Å². The molecule has 0 aromatic heterocycles. The molecule has 3 radical (unpaired) electrons. The maximum absolute atomic E-state index is 5.39. The first kappa shape index (κ1) is 7.67. The van der Waals surface area contributed by atoms with Gasteiger partial charge in [0.05, 0.1) is 0 Å². The van der Waals surface area contributed by atoms with E-state index >= 15 is 0 Å². The van der Waals surface area contributed by atoms with Gasteiger partial charge in [0.25, 0.3) is 0 Å². The summed E-state index contributed by atoms with van der Waals surface area (Å²) in [6.07, 6.45) is 0.